The van der Waals surface area contributed by atoms with E-state index in [0.29, 0.717) is 11.6 Å². The van der Waals surface area contributed by atoms with Crippen LogP contribution in [0, 0.1) is 13.8 Å². The number of nitrogens with one attached hydrogen (secondary N) is 2. The summed E-state index contributed by atoms with van der Waals surface area (Å²) >= 11 is 0. The van der Waals surface area contributed by atoms with E-state index in [0.717, 1.165) is 24.2 Å². The molecule has 1 aromatic heterocycles. The number of carbonyl (C=O) groups excluding carboxylic acids is 1. The van der Waals surface area contributed by atoms with Crippen LogP contribution in [-0.2, 0) is 0 Å². The van der Waals surface area contributed by atoms with E-state index in [1.807, 2.05) is 13.8 Å². The van der Waals surface area contributed by atoms with Gasteiger partial charge in [0, 0.05) is 11.7 Å². The first-order valence-electron chi connectivity index (χ1n) is 4.51. The number of aryl methyl sites for hydroxylation is 2. The maximum absolute atomic E-state index is 11.6. The molecule has 4 heteroatoms. The molecule has 0 bridgehead atoms. The minimum atomic E-state index is 0.00579. The van der Waals surface area contributed by atoms with Crippen molar-refractivity contribution in [3.63, 3.8) is 0 Å². The van der Waals surface area contributed by atoms with E-state index >= 15 is 0 Å². The summed E-state index contributed by atoms with van der Waals surface area (Å²) in [4.78, 5) is 11.6. The van der Waals surface area contributed by atoms with Gasteiger partial charge < -0.3 is 5.32 Å². The minimum Gasteiger partial charge on any atom is -0.349 e. The molecule has 2 rings (SSSR count). The first-order valence-corrected chi connectivity index (χ1v) is 4.51. The lowest BCUT2D eigenvalue weighted by molar-refractivity contribution is 0.0950. The van der Waals surface area contributed by atoms with Crippen molar-refractivity contribution >= 4 is 5.91 Å². The van der Waals surface area contributed by atoms with Gasteiger partial charge in [-0.15, -0.1) is 0 Å². The number of rotatable bonds is 2. The summed E-state index contributed by atoms with van der Waals surface area (Å²) in [5.74, 6) is 0.00579. The van der Waals surface area contributed by atoms with Crippen LogP contribution in [0.25, 0.3) is 0 Å². The number of H-pyrrole nitrogens is 1. The lowest BCUT2D eigenvalue weighted by Gasteiger charge is -2.01. The molecule has 1 heterocycles. The highest BCUT2D eigenvalue weighted by atomic mass is 16.1. The summed E-state index contributed by atoms with van der Waals surface area (Å²) in [6.07, 6.45) is 2.23. The van der Waals surface area contributed by atoms with Crippen molar-refractivity contribution in [2.45, 2.75) is 32.7 Å². The van der Waals surface area contributed by atoms with Gasteiger partial charge in [0.05, 0.1) is 11.3 Å². The van der Waals surface area contributed by atoms with Gasteiger partial charge in [-0.25, -0.2) is 0 Å². The molecular formula is C9H13N3O. The largest absolute Gasteiger partial charge is 0.349 e. The fourth-order valence-electron chi connectivity index (χ4n) is 1.37. The minimum absolute atomic E-state index is 0.00579. The highest BCUT2D eigenvalue weighted by Gasteiger charge is 2.25. The zero-order chi connectivity index (χ0) is 9.42. The van der Waals surface area contributed by atoms with E-state index in [4.69, 9.17) is 0 Å². The summed E-state index contributed by atoms with van der Waals surface area (Å²) in [6, 6.07) is 0.404. The number of hydrogen-bond acceptors (Lipinski definition) is 2. The van der Waals surface area contributed by atoms with Crippen molar-refractivity contribution in [3.05, 3.63) is 17.0 Å². The predicted molar refractivity (Wildman–Crippen MR) is 48.5 cm³/mol. The molecule has 0 radical (unpaired) electrons. The van der Waals surface area contributed by atoms with Crippen LogP contribution < -0.4 is 5.32 Å². The molecule has 0 saturated heterocycles. The van der Waals surface area contributed by atoms with E-state index in [2.05, 4.69) is 15.5 Å². The maximum atomic E-state index is 11.6. The fraction of sp³-hybridized carbons (Fsp3) is 0.556. The van der Waals surface area contributed by atoms with Gasteiger partial charge in [-0.2, -0.15) is 5.10 Å². The number of aromatic nitrogens is 2. The average Bonchev–Trinajstić information content (AvgIpc) is 2.79. The monoisotopic (exact) mass is 179 g/mol. The Bertz CT molecular complexity index is 319. The van der Waals surface area contributed by atoms with Crippen LogP contribution in [0.3, 0.4) is 0 Å². The molecule has 13 heavy (non-hydrogen) atoms. The Balaban J connectivity index is 2.17. The number of amides is 1. The molecule has 1 aliphatic carbocycles. The van der Waals surface area contributed by atoms with Gasteiger partial charge in [0.25, 0.3) is 5.91 Å². The van der Waals surface area contributed by atoms with E-state index in [1.54, 1.807) is 0 Å². The van der Waals surface area contributed by atoms with Crippen molar-refractivity contribution in [3.8, 4) is 0 Å². The third-order valence-corrected chi connectivity index (χ3v) is 2.27. The summed E-state index contributed by atoms with van der Waals surface area (Å²) in [5.41, 5.74) is 2.32. The topological polar surface area (TPSA) is 57.8 Å². The van der Waals surface area contributed by atoms with Crippen LogP contribution in [-0.4, -0.2) is 22.1 Å². The SMILES string of the molecule is Cc1n[nH]c(C)c1C(=O)NC1CC1. The molecular weight excluding hydrogens is 166 g/mol. The lowest BCUT2D eigenvalue weighted by atomic mass is 10.2. The molecule has 0 aromatic carbocycles. The van der Waals surface area contributed by atoms with E-state index in [1.165, 1.54) is 0 Å². The average molecular weight is 179 g/mol. The molecule has 0 unspecified atom stereocenters. The normalized spacial score (nSPS) is 15.8. The van der Waals surface area contributed by atoms with Crippen LogP contribution in [0.2, 0.25) is 0 Å². The van der Waals surface area contributed by atoms with Gasteiger partial charge in [0.2, 0.25) is 0 Å². The molecule has 0 spiro atoms. The van der Waals surface area contributed by atoms with Gasteiger partial charge in [-0.1, -0.05) is 0 Å². The molecule has 1 aliphatic rings. The highest BCUT2D eigenvalue weighted by molar-refractivity contribution is 5.96. The number of nitrogens with zero attached hydrogens (tertiary/aromatic N) is 1. The Morgan fingerprint density at radius 1 is 1.54 bits per heavy atom. The molecule has 0 atom stereocenters. The van der Waals surface area contributed by atoms with E-state index < -0.39 is 0 Å². The molecule has 1 saturated carbocycles. The Labute approximate surface area is 76.7 Å². The summed E-state index contributed by atoms with van der Waals surface area (Å²) in [5, 5.41) is 9.72. The van der Waals surface area contributed by atoms with E-state index in [9.17, 15) is 4.79 Å². The molecule has 0 aliphatic heterocycles. The quantitative estimate of drug-likeness (QED) is 0.709. The Morgan fingerprint density at radius 3 is 2.69 bits per heavy atom. The first-order chi connectivity index (χ1) is 6.18. The first kappa shape index (κ1) is 8.29. The van der Waals surface area contributed by atoms with Crippen molar-refractivity contribution in [1.29, 1.82) is 0 Å². The fourth-order valence-corrected chi connectivity index (χ4v) is 1.37. The van der Waals surface area contributed by atoms with Crippen molar-refractivity contribution in [1.82, 2.24) is 15.5 Å². The van der Waals surface area contributed by atoms with Gasteiger partial charge in [0.15, 0.2) is 0 Å². The van der Waals surface area contributed by atoms with Crippen molar-refractivity contribution in [2.24, 2.45) is 0 Å². The predicted octanol–water partition coefficient (Wildman–Crippen LogP) is 0.919. The van der Waals surface area contributed by atoms with Gasteiger partial charge in [-0.05, 0) is 26.7 Å². The van der Waals surface area contributed by atoms with Gasteiger partial charge in [0.1, 0.15) is 0 Å². The Morgan fingerprint density at radius 2 is 2.23 bits per heavy atom. The summed E-state index contributed by atoms with van der Waals surface area (Å²) in [6.45, 7) is 3.70. The van der Waals surface area contributed by atoms with Gasteiger partial charge >= 0.3 is 0 Å². The molecule has 4 nitrogen and oxygen atoms in total. The number of carbonyl (C=O) groups is 1. The maximum Gasteiger partial charge on any atom is 0.255 e. The number of aromatic amines is 1. The third kappa shape index (κ3) is 1.56. The van der Waals surface area contributed by atoms with Crippen LogP contribution in [0.5, 0.6) is 0 Å². The molecule has 70 valence electrons. The van der Waals surface area contributed by atoms with Crippen LogP contribution in [0.4, 0.5) is 0 Å². The zero-order valence-corrected chi connectivity index (χ0v) is 7.85. The third-order valence-electron chi connectivity index (χ3n) is 2.27. The molecule has 2 N–H and O–H groups in total. The molecule has 1 aromatic rings. The van der Waals surface area contributed by atoms with Crippen LogP contribution >= 0.6 is 0 Å². The highest BCUT2D eigenvalue weighted by Crippen LogP contribution is 2.20. The molecule has 1 fully saturated rings. The van der Waals surface area contributed by atoms with Gasteiger partial charge in [-0.3, -0.25) is 9.89 Å². The Kier molecular flexibility index (Phi) is 1.83. The second-order valence-electron chi connectivity index (χ2n) is 3.56. The number of hydrogen-bond donors (Lipinski definition) is 2. The second-order valence-corrected chi connectivity index (χ2v) is 3.56. The summed E-state index contributed by atoms with van der Waals surface area (Å²) in [7, 11) is 0. The lowest BCUT2D eigenvalue weighted by Crippen LogP contribution is -2.26. The van der Waals surface area contributed by atoms with Crippen LogP contribution in [0.15, 0.2) is 0 Å². The second kappa shape index (κ2) is 2.87. The standard InChI is InChI=1S/C9H13N3O/c1-5-8(6(2)12-11-5)9(13)10-7-3-4-7/h7H,3-4H2,1-2H3,(H,10,13)(H,11,12). The van der Waals surface area contributed by atoms with Crippen molar-refractivity contribution in [2.75, 3.05) is 0 Å². The zero-order valence-electron chi connectivity index (χ0n) is 7.85. The smallest absolute Gasteiger partial charge is 0.255 e. The van der Waals surface area contributed by atoms with Crippen molar-refractivity contribution < 1.29 is 4.79 Å². The molecule has 1 amide bonds. The Hall–Kier alpha value is -1.32. The van der Waals surface area contributed by atoms with Crippen LogP contribution in [0.1, 0.15) is 34.6 Å². The van der Waals surface area contributed by atoms with E-state index in [-0.39, 0.29) is 5.91 Å². The summed E-state index contributed by atoms with van der Waals surface area (Å²) < 4.78 is 0.